The van der Waals surface area contributed by atoms with Gasteiger partial charge in [0.1, 0.15) is 17.9 Å². The molecule has 8 heteroatoms. The molecule has 0 bridgehead atoms. The number of carbonyl (C=O) groups is 2. The minimum absolute atomic E-state index is 0.0781. The zero-order valence-electron chi connectivity index (χ0n) is 18.6. The Kier molecular flexibility index (Phi) is 6.30. The number of nitrogens with one attached hydrogen (secondary N) is 2. The number of benzene rings is 1. The quantitative estimate of drug-likeness (QED) is 0.431. The Labute approximate surface area is 173 Å². The second-order valence-electron chi connectivity index (χ2n) is 9.26. The highest BCUT2D eigenvalue weighted by molar-refractivity contribution is 6.62. The minimum Gasteiger partial charge on any atom is -0.459 e. The molecule has 0 aliphatic carbocycles. The van der Waals surface area contributed by atoms with Crippen LogP contribution in [0.25, 0.3) is 0 Å². The molecule has 1 aliphatic rings. The third kappa shape index (κ3) is 5.45. The van der Waals surface area contributed by atoms with E-state index in [-0.39, 0.29) is 18.0 Å². The van der Waals surface area contributed by atoms with Crippen LogP contribution in [0, 0.1) is 5.41 Å². The van der Waals surface area contributed by atoms with Gasteiger partial charge in [-0.15, -0.1) is 0 Å². The van der Waals surface area contributed by atoms with E-state index in [0.29, 0.717) is 16.7 Å². The summed E-state index contributed by atoms with van der Waals surface area (Å²) in [6.07, 6.45) is 0. The highest BCUT2D eigenvalue weighted by Crippen LogP contribution is 2.36. The summed E-state index contributed by atoms with van der Waals surface area (Å²) in [5.41, 5.74) is -0.167. The van der Waals surface area contributed by atoms with Crippen LogP contribution in [0.15, 0.2) is 18.2 Å². The highest BCUT2D eigenvalue weighted by atomic mass is 16.7. The van der Waals surface area contributed by atoms with Crippen molar-refractivity contribution in [3.8, 4) is 0 Å². The van der Waals surface area contributed by atoms with Crippen molar-refractivity contribution in [3.63, 3.8) is 0 Å². The minimum atomic E-state index is -0.613. The first-order chi connectivity index (χ1) is 13.1. The van der Waals surface area contributed by atoms with E-state index >= 15 is 0 Å². The van der Waals surface area contributed by atoms with E-state index in [2.05, 4.69) is 5.32 Å². The summed E-state index contributed by atoms with van der Waals surface area (Å²) < 4.78 is 17.4. The van der Waals surface area contributed by atoms with Crippen LogP contribution in [-0.2, 0) is 23.6 Å². The monoisotopic (exact) mass is 402 g/mol. The molecule has 0 atom stereocenters. The van der Waals surface area contributed by atoms with Gasteiger partial charge in [-0.1, -0.05) is 12.1 Å². The van der Waals surface area contributed by atoms with Crippen LogP contribution in [0.1, 0.15) is 61.0 Å². The maximum absolute atomic E-state index is 12.0. The summed E-state index contributed by atoms with van der Waals surface area (Å²) >= 11 is 0. The predicted molar refractivity (Wildman–Crippen MR) is 114 cm³/mol. The van der Waals surface area contributed by atoms with Gasteiger partial charge in [0, 0.05) is 18.2 Å². The molecule has 1 aliphatic heterocycles. The van der Waals surface area contributed by atoms with Crippen molar-refractivity contribution >= 4 is 35.7 Å². The second kappa shape index (κ2) is 7.92. The number of Topliss-reactive ketones (excluding diaryl/α,β-unsaturated/α-hetero) is 1. The fourth-order valence-electron chi connectivity index (χ4n) is 2.78. The SMILES string of the molecule is CC(=O)C(=N)c1cc(B2OC(C)(C)C(C)(C)O2)ccc1NCC(=O)OC(C)(C)C. The van der Waals surface area contributed by atoms with Gasteiger partial charge in [0.15, 0.2) is 5.78 Å². The summed E-state index contributed by atoms with van der Waals surface area (Å²) in [6.45, 7) is 14.5. The molecular formula is C21H31BN2O5. The Morgan fingerprint density at radius 1 is 1.14 bits per heavy atom. The average Bonchev–Trinajstić information content (AvgIpc) is 2.78. The molecule has 1 aromatic carbocycles. The molecule has 2 rings (SSSR count). The Morgan fingerprint density at radius 3 is 2.17 bits per heavy atom. The largest absolute Gasteiger partial charge is 0.494 e. The van der Waals surface area contributed by atoms with E-state index < -0.39 is 29.9 Å². The molecule has 0 aromatic heterocycles. The number of ketones is 1. The lowest BCUT2D eigenvalue weighted by Gasteiger charge is -2.32. The number of anilines is 1. The van der Waals surface area contributed by atoms with Gasteiger partial charge in [-0.05, 0) is 60.0 Å². The topological polar surface area (TPSA) is 97.7 Å². The van der Waals surface area contributed by atoms with E-state index in [1.165, 1.54) is 6.92 Å². The van der Waals surface area contributed by atoms with Gasteiger partial charge >= 0.3 is 13.1 Å². The van der Waals surface area contributed by atoms with Gasteiger partial charge in [-0.25, -0.2) is 0 Å². The standard InChI is InChI=1S/C21H31BN2O5/c1-13(25)18(23)15-11-14(22-28-20(5,6)21(7,8)29-22)9-10-16(15)24-12-17(26)27-19(2,3)4/h9-11,23-24H,12H2,1-8H3. The third-order valence-electron chi connectivity index (χ3n) is 5.03. The average molecular weight is 402 g/mol. The van der Waals surface area contributed by atoms with Gasteiger partial charge in [0.05, 0.1) is 11.2 Å². The maximum Gasteiger partial charge on any atom is 0.494 e. The molecule has 1 fully saturated rings. The molecule has 29 heavy (non-hydrogen) atoms. The van der Waals surface area contributed by atoms with Crippen LogP contribution >= 0.6 is 0 Å². The lowest BCUT2D eigenvalue weighted by atomic mass is 9.77. The van der Waals surface area contributed by atoms with Crippen LogP contribution in [0.5, 0.6) is 0 Å². The van der Waals surface area contributed by atoms with Crippen molar-refractivity contribution in [3.05, 3.63) is 23.8 Å². The van der Waals surface area contributed by atoms with Crippen molar-refractivity contribution < 1.29 is 23.6 Å². The van der Waals surface area contributed by atoms with Crippen molar-refractivity contribution in [1.82, 2.24) is 0 Å². The summed E-state index contributed by atoms with van der Waals surface area (Å²) in [6, 6.07) is 5.22. The van der Waals surface area contributed by atoms with Gasteiger partial charge in [-0.3, -0.25) is 15.0 Å². The number of ether oxygens (including phenoxy) is 1. The lowest BCUT2D eigenvalue weighted by molar-refractivity contribution is -0.152. The first-order valence-corrected chi connectivity index (χ1v) is 9.68. The fraction of sp³-hybridized carbons (Fsp3) is 0.571. The third-order valence-corrected chi connectivity index (χ3v) is 5.03. The molecule has 158 valence electrons. The molecule has 0 amide bonds. The summed E-state index contributed by atoms with van der Waals surface area (Å²) in [4.78, 5) is 23.9. The van der Waals surface area contributed by atoms with Crippen molar-refractivity contribution in [2.24, 2.45) is 0 Å². The van der Waals surface area contributed by atoms with Crippen molar-refractivity contribution in [2.75, 3.05) is 11.9 Å². The normalized spacial score (nSPS) is 17.7. The van der Waals surface area contributed by atoms with Crippen LogP contribution in [-0.4, -0.2) is 47.9 Å². The Bertz CT molecular complexity index is 811. The van der Waals surface area contributed by atoms with Crippen LogP contribution in [0.2, 0.25) is 0 Å². The Morgan fingerprint density at radius 2 is 1.69 bits per heavy atom. The molecule has 0 spiro atoms. The smallest absolute Gasteiger partial charge is 0.459 e. The summed E-state index contributed by atoms with van der Waals surface area (Å²) in [5, 5.41) is 11.2. The molecule has 7 nitrogen and oxygen atoms in total. The summed E-state index contributed by atoms with van der Waals surface area (Å²) in [7, 11) is -0.613. The molecular weight excluding hydrogens is 371 g/mol. The lowest BCUT2D eigenvalue weighted by Crippen LogP contribution is -2.41. The van der Waals surface area contributed by atoms with Gasteiger partial charge in [0.2, 0.25) is 0 Å². The molecule has 2 N–H and O–H groups in total. The van der Waals surface area contributed by atoms with Crippen LogP contribution < -0.4 is 10.8 Å². The van der Waals surface area contributed by atoms with E-state index in [1.54, 1.807) is 39.0 Å². The zero-order chi connectivity index (χ0) is 22.2. The van der Waals surface area contributed by atoms with Crippen molar-refractivity contribution in [1.29, 1.82) is 5.41 Å². The van der Waals surface area contributed by atoms with E-state index in [9.17, 15) is 9.59 Å². The number of rotatable bonds is 6. The molecule has 0 unspecified atom stereocenters. The number of carbonyl (C=O) groups excluding carboxylic acids is 2. The van der Waals surface area contributed by atoms with Crippen LogP contribution in [0.3, 0.4) is 0 Å². The number of hydrogen-bond acceptors (Lipinski definition) is 7. The first kappa shape index (κ1) is 23.1. The number of hydrogen-bond donors (Lipinski definition) is 2. The zero-order valence-corrected chi connectivity index (χ0v) is 18.6. The van der Waals surface area contributed by atoms with Crippen LogP contribution in [0.4, 0.5) is 5.69 Å². The molecule has 1 saturated heterocycles. The van der Waals surface area contributed by atoms with E-state index in [1.807, 2.05) is 27.7 Å². The molecule has 1 heterocycles. The van der Waals surface area contributed by atoms with Gasteiger partial charge < -0.3 is 19.4 Å². The molecule has 0 saturated carbocycles. The number of esters is 1. The van der Waals surface area contributed by atoms with E-state index in [0.717, 1.165) is 0 Å². The first-order valence-electron chi connectivity index (χ1n) is 9.68. The highest BCUT2D eigenvalue weighted by Gasteiger charge is 2.51. The fourth-order valence-corrected chi connectivity index (χ4v) is 2.78. The summed E-state index contributed by atoms with van der Waals surface area (Å²) in [5.74, 6) is -0.802. The van der Waals surface area contributed by atoms with Gasteiger partial charge in [-0.2, -0.15) is 0 Å². The second-order valence-corrected chi connectivity index (χ2v) is 9.26. The molecule has 0 radical (unpaired) electrons. The Balaban J connectivity index is 2.29. The van der Waals surface area contributed by atoms with Crippen molar-refractivity contribution in [2.45, 2.75) is 72.2 Å². The maximum atomic E-state index is 12.0. The Hall–Kier alpha value is -2.19. The van der Waals surface area contributed by atoms with E-state index in [4.69, 9.17) is 19.5 Å². The predicted octanol–water partition coefficient (Wildman–Crippen LogP) is 2.70. The van der Waals surface area contributed by atoms with Gasteiger partial charge in [0.25, 0.3) is 0 Å². The molecule has 1 aromatic rings.